The fourth-order valence-electron chi connectivity index (χ4n) is 2.79. The summed E-state index contributed by atoms with van der Waals surface area (Å²) in [4.78, 5) is 24.1. The molecule has 0 aliphatic carbocycles. The number of hydrogen-bond donors (Lipinski definition) is 3. The molecule has 0 fully saturated rings. The molecule has 3 N–H and O–H groups in total. The molecule has 1 aromatic carbocycles. The van der Waals surface area contributed by atoms with Crippen molar-refractivity contribution in [2.75, 3.05) is 5.32 Å². The Morgan fingerprint density at radius 2 is 1.88 bits per heavy atom. The van der Waals surface area contributed by atoms with Crippen LogP contribution in [0.5, 0.6) is 0 Å². The van der Waals surface area contributed by atoms with Crippen LogP contribution in [-0.2, 0) is 19.5 Å². The highest BCUT2D eigenvalue weighted by Crippen LogP contribution is 2.14. The second-order valence-electron chi connectivity index (χ2n) is 7.38. The number of aromatic nitrogens is 3. The van der Waals surface area contributed by atoms with Crippen molar-refractivity contribution in [3.63, 3.8) is 0 Å². The Morgan fingerprint density at radius 1 is 1.15 bits per heavy atom. The molecule has 2 heterocycles. The molecule has 0 bridgehead atoms. The van der Waals surface area contributed by atoms with Gasteiger partial charge in [-0.3, -0.25) is 4.79 Å². The summed E-state index contributed by atoms with van der Waals surface area (Å²) in [6.07, 6.45) is 2.01. The molecule has 0 unspecified atom stereocenters. The normalized spacial score (nSPS) is 13.2. The molecule has 0 saturated carbocycles. The van der Waals surface area contributed by atoms with Crippen LogP contribution in [0.15, 0.2) is 24.3 Å². The van der Waals surface area contributed by atoms with Crippen LogP contribution in [0.1, 0.15) is 49.2 Å². The van der Waals surface area contributed by atoms with E-state index in [2.05, 4.69) is 26.1 Å². The molecule has 2 aromatic rings. The Hall–Kier alpha value is -2.90. The number of aryl methyl sites for hydroxylation is 1. The van der Waals surface area contributed by atoms with Gasteiger partial charge >= 0.3 is 6.03 Å². The summed E-state index contributed by atoms with van der Waals surface area (Å²) in [6, 6.07) is 6.44. The van der Waals surface area contributed by atoms with Crippen LogP contribution < -0.4 is 16.0 Å². The maximum absolute atomic E-state index is 12.1. The average molecular weight is 356 g/mol. The summed E-state index contributed by atoms with van der Waals surface area (Å²) in [5, 5.41) is 16.6. The van der Waals surface area contributed by atoms with E-state index in [9.17, 15) is 9.59 Å². The van der Waals surface area contributed by atoms with Gasteiger partial charge in [0.05, 0.1) is 6.54 Å². The van der Waals surface area contributed by atoms with Crippen LogP contribution in [0.3, 0.4) is 0 Å². The van der Waals surface area contributed by atoms with E-state index >= 15 is 0 Å². The lowest BCUT2D eigenvalue weighted by Gasteiger charge is -2.20. The van der Waals surface area contributed by atoms with E-state index < -0.39 is 0 Å². The van der Waals surface area contributed by atoms with Gasteiger partial charge in [0, 0.05) is 29.8 Å². The minimum Gasteiger partial charge on any atom is -0.347 e. The fourth-order valence-corrected chi connectivity index (χ4v) is 2.79. The monoisotopic (exact) mass is 356 g/mol. The zero-order valence-corrected chi connectivity index (χ0v) is 15.3. The standard InChI is InChI=1S/C18H24N6O2/c1-18(2,3)21-16(25)12-6-8-13(9-7-12)20-17(26)19-11-15-23-22-14-5-4-10-24(14)15/h6-9H,4-5,10-11H2,1-3H3,(H,21,25)(H2,19,20,26). The Labute approximate surface area is 152 Å². The van der Waals surface area contributed by atoms with E-state index in [1.54, 1.807) is 24.3 Å². The maximum Gasteiger partial charge on any atom is 0.319 e. The lowest BCUT2D eigenvalue weighted by atomic mass is 10.1. The molecule has 3 rings (SSSR count). The summed E-state index contributed by atoms with van der Waals surface area (Å²) < 4.78 is 2.04. The van der Waals surface area contributed by atoms with Gasteiger partial charge in [0.1, 0.15) is 5.82 Å². The lowest BCUT2D eigenvalue weighted by Crippen LogP contribution is -2.40. The topological polar surface area (TPSA) is 101 Å². The summed E-state index contributed by atoms with van der Waals surface area (Å²) >= 11 is 0. The number of urea groups is 1. The highest BCUT2D eigenvalue weighted by atomic mass is 16.2. The molecule has 3 amide bonds. The predicted molar refractivity (Wildman–Crippen MR) is 97.9 cm³/mol. The zero-order chi connectivity index (χ0) is 18.7. The average Bonchev–Trinajstić information content (AvgIpc) is 3.15. The van der Waals surface area contributed by atoms with E-state index in [1.807, 2.05) is 25.3 Å². The molecule has 1 aliphatic heterocycles. The zero-order valence-electron chi connectivity index (χ0n) is 15.3. The molecule has 0 atom stereocenters. The van der Waals surface area contributed by atoms with Gasteiger partial charge in [0.25, 0.3) is 5.91 Å². The second-order valence-corrected chi connectivity index (χ2v) is 7.38. The number of rotatable bonds is 4. The van der Waals surface area contributed by atoms with Gasteiger partial charge in [0.2, 0.25) is 0 Å². The minimum absolute atomic E-state index is 0.144. The number of benzene rings is 1. The van der Waals surface area contributed by atoms with Crippen molar-refractivity contribution in [3.05, 3.63) is 41.5 Å². The third-order valence-corrected chi connectivity index (χ3v) is 3.99. The largest absolute Gasteiger partial charge is 0.347 e. The SMILES string of the molecule is CC(C)(C)NC(=O)c1ccc(NC(=O)NCc2nnc3n2CCC3)cc1. The summed E-state index contributed by atoms with van der Waals surface area (Å²) in [5.74, 6) is 1.60. The summed E-state index contributed by atoms with van der Waals surface area (Å²) in [7, 11) is 0. The van der Waals surface area contributed by atoms with Gasteiger partial charge in [-0.25, -0.2) is 4.79 Å². The molecule has 8 nitrogen and oxygen atoms in total. The van der Waals surface area contributed by atoms with Crippen LogP contribution >= 0.6 is 0 Å². The Morgan fingerprint density at radius 3 is 2.58 bits per heavy atom. The second kappa shape index (κ2) is 7.15. The molecule has 0 radical (unpaired) electrons. The number of nitrogens with one attached hydrogen (secondary N) is 3. The number of amides is 3. The number of carbonyl (C=O) groups is 2. The Kier molecular flexibility index (Phi) is 4.92. The van der Waals surface area contributed by atoms with Gasteiger partial charge in [-0.1, -0.05) is 0 Å². The van der Waals surface area contributed by atoms with E-state index in [1.165, 1.54) is 0 Å². The molecule has 0 saturated heterocycles. The molecular weight excluding hydrogens is 332 g/mol. The summed E-state index contributed by atoms with van der Waals surface area (Å²) in [6.45, 7) is 7.01. The fraction of sp³-hybridized carbons (Fsp3) is 0.444. The predicted octanol–water partition coefficient (Wildman–Crippen LogP) is 2.07. The first-order valence-corrected chi connectivity index (χ1v) is 8.70. The molecule has 1 aliphatic rings. The molecule has 8 heteroatoms. The van der Waals surface area contributed by atoms with Crippen molar-refractivity contribution >= 4 is 17.6 Å². The third-order valence-electron chi connectivity index (χ3n) is 3.99. The quantitative estimate of drug-likeness (QED) is 0.780. The molecule has 138 valence electrons. The number of anilines is 1. The third kappa shape index (κ3) is 4.38. The number of carbonyl (C=O) groups excluding carboxylic acids is 2. The van der Waals surface area contributed by atoms with Gasteiger partial charge in [-0.15, -0.1) is 10.2 Å². The first-order valence-electron chi connectivity index (χ1n) is 8.70. The van der Waals surface area contributed by atoms with Gasteiger partial charge in [0.15, 0.2) is 5.82 Å². The maximum atomic E-state index is 12.1. The highest BCUT2D eigenvalue weighted by Gasteiger charge is 2.18. The van der Waals surface area contributed by atoms with E-state index in [0.29, 0.717) is 17.8 Å². The lowest BCUT2D eigenvalue weighted by molar-refractivity contribution is 0.0919. The van der Waals surface area contributed by atoms with Crippen LogP contribution in [0.4, 0.5) is 10.5 Å². The minimum atomic E-state index is -0.327. The van der Waals surface area contributed by atoms with Crippen molar-refractivity contribution in [2.24, 2.45) is 0 Å². The smallest absolute Gasteiger partial charge is 0.319 e. The van der Waals surface area contributed by atoms with Crippen molar-refractivity contribution in [1.82, 2.24) is 25.4 Å². The molecule has 1 aromatic heterocycles. The van der Waals surface area contributed by atoms with Crippen molar-refractivity contribution < 1.29 is 9.59 Å². The van der Waals surface area contributed by atoms with E-state index in [0.717, 1.165) is 31.0 Å². The van der Waals surface area contributed by atoms with E-state index in [-0.39, 0.29) is 17.5 Å². The van der Waals surface area contributed by atoms with Crippen molar-refractivity contribution in [2.45, 2.75) is 52.2 Å². The number of fused-ring (bicyclic) bond motifs is 1. The number of nitrogens with zero attached hydrogens (tertiary/aromatic N) is 3. The van der Waals surface area contributed by atoms with Crippen LogP contribution in [0.25, 0.3) is 0 Å². The van der Waals surface area contributed by atoms with Crippen molar-refractivity contribution in [3.8, 4) is 0 Å². The van der Waals surface area contributed by atoms with Crippen LogP contribution in [-0.4, -0.2) is 32.2 Å². The first-order chi connectivity index (χ1) is 12.3. The van der Waals surface area contributed by atoms with Crippen LogP contribution in [0, 0.1) is 0 Å². The molecule has 0 spiro atoms. The number of hydrogen-bond acceptors (Lipinski definition) is 4. The van der Waals surface area contributed by atoms with Crippen LogP contribution in [0.2, 0.25) is 0 Å². The first kappa shape index (κ1) is 17.9. The van der Waals surface area contributed by atoms with E-state index in [4.69, 9.17) is 0 Å². The molecule has 26 heavy (non-hydrogen) atoms. The van der Waals surface area contributed by atoms with Crippen molar-refractivity contribution in [1.29, 1.82) is 0 Å². The van der Waals surface area contributed by atoms with Gasteiger partial charge < -0.3 is 20.5 Å². The van der Waals surface area contributed by atoms with Gasteiger partial charge in [-0.2, -0.15) is 0 Å². The Balaban J connectivity index is 1.52. The Bertz CT molecular complexity index is 804. The summed E-state index contributed by atoms with van der Waals surface area (Å²) in [5.41, 5.74) is 0.863. The van der Waals surface area contributed by atoms with Gasteiger partial charge in [-0.05, 0) is 51.5 Å². The highest BCUT2D eigenvalue weighted by molar-refractivity contribution is 5.95. The molecular formula is C18H24N6O2.